The van der Waals surface area contributed by atoms with E-state index in [9.17, 15) is 9.59 Å². The third kappa shape index (κ3) is 3.40. The number of nitrogens with zero attached hydrogens (tertiary/aromatic N) is 2. The van der Waals surface area contributed by atoms with Crippen LogP contribution in [0.3, 0.4) is 0 Å². The quantitative estimate of drug-likeness (QED) is 0.871. The number of benzene rings is 1. The predicted molar refractivity (Wildman–Crippen MR) is 90.1 cm³/mol. The van der Waals surface area contributed by atoms with Crippen LogP contribution >= 0.6 is 11.3 Å². The summed E-state index contributed by atoms with van der Waals surface area (Å²) in [5, 5.41) is 10.6. The number of primary amides is 1. The maximum atomic E-state index is 12.3. The molecule has 0 spiro atoms. The first-order valence-electron chi connectivity index (χ1n) is 7.17. The highest BCUT2D eigenvalue weighted by atomic mass is 32.1. The minimum absolute atomic E-state index is 0.209. The number of rotatable bonds is 5. The molecule has 2 heterocycles. The van der Waals surface area contributed by atoms with Crippen molar-refractivity contribution in [1.82, 2.24) is 5.32 Å². The van der Waals surface area contributed by atoms with Gasteiger partial charge in [0.25, 0.3) is 5.91 Å². The summed E-state index contributed by atoms with van der Waals surface area (Å²) in [6.45, 7) is 0.447. The van der Waals surface area contributed by atoms with Gasteiger partial charge in [-0.1, -0.05) is 24.3 Å². The molecular weight excluding hydrogens is 312 g/mol. The monoisotopic (exact) mass is 328 g/mol. The highest BCUT2D eigenvalue weighted by molar-refractivity contribution is 7.09. The molecule has 3 N–H and O–H groups in total. The molecule has 0 radical (unpaired) electrons. The lowest BCUT2D eigenvalue weighted by Crippen LogP contribution is -2.39. The molecule has 0 bridgehead atoms. The summed E-state index contributed by atoms with van der Waals surface area (Å²) in [4.78, 5) is 25.0. The zero-order chi connectivity index (χ0) is 16.2. The molecule has 1 aromatic carbocycles. The van der Waals surface area contributed by atoms with Crippen molar-refractivity contribution >= 4 is 34.6 Å². The van der Waals surface area contributed by atoms with Crippen LogP contribution in [0.15, 0.2) is 52.9 Å². The highest BCUT2D eigenvalue weighted by Gasteiger charge is 2.34. The number of amides is 2. The number of carbonyl (C=O) groups is 2. The van der Waals surface area contributed by atoms with Crippen LogP contribution < -0.4 is 16.1 Å². The number of hydrogen-bond acceptors (Lipinski definition) is 5. The highest BCUT2D eigenvalue weighted by Crippen LogP contribution is 2.24. The molecular formula is C16H16N4O2S. The number of anilines is 1. The van der Waals surface area contributed by atoms with Gasteiger partial charge in [0.2, 0.25) is 5.91 Å². The summed E-state index contributed by atoms with van der Waals surface area (Å²) in [5.74, 6) is -0.776. The van der Waals surface area contributed by atoms with Crippen molar-refractivity contribution in [2.75, 3.05) is 5.01 Å². The first-order valence-corrected chi connectivity index (χ1v) is 8.05. The number of thiophene rings is 1. The molecule has 1 atom stereocenters. The Labute approximate surface area is 137 Å². The van der Waals surface area contributed by atoms with Gasteiger partial charge in [0.1, 0.15) is 11.8 Å². The topological polar surface area (TPSA) is 87.8 Å². The van der Waals surface area contributed by atoms with Crippen molar-refractivity contribution in [1.29, 1.82) is 0 Å². The van der Waals surface area contributed by atoms with E-state index in [1.54, 1.807) is 11.3 Å². The fourth-order valence-electron chi connectivity index (χ4n) is 2.37. The molecule has 3 rings (SSSR count). The van der Waals surface area contributed by atoms with Crippen LogP contribution in [0.1, 0.15) is 11.3 Å². The van der Waals surface area contributed by atoms with E-state index in [-0.39, 0.29) is 12.3 Å². The average Bonchev–Trinajstić information content (AvgIpc) is 3.23. The fraction of sp³-hybridized carbons (Fsp3) is 0.188. The van der Waals surface area contributed by atoms with Crippen LogP contribution in [0.5, 0.6) is 0 Å². The van der Waals surface area contributed by atoms with Gasteiger partial charge >= 0.3 is 0 Å². The minimum atomic E-state index is -0.639. The van der Waals surface area contributed by atoms with E-state index in [0.717, 1.165) is 10.6 Å². The fourth-order valence-corrected chi connectivity index (χ4v) is 3.01. The second-order valence-corrected chi connectivity index (χ2v) is 6.14. The molecule has 0 saturated carbocycles. The van der Waals surface area contributed by atoms with Gasteiger partial charge in [-0.25, -0.2) is 0 Å². The third-order valence-corrected chi connectivity index (χ3v) is 4.40. The van der Waals surface area contributed by atoms with Crippen molar-refractivity contribution in [2.45, 2.75) is 19.0 Å². The zero-order valence-corrected chi connectivity index (χ0v) is 13.1. The third-order valence-electron chi connectivity index (χ3n) is 3.52. The maximum Gasteiger partial charge on any atom is 0.267 e. The summed E-state index contributed by atoms with van der Waals surface area (Å²) in [6, 6.07) is 12.5. The summed E-state index contributed by atoms with van der Waals surface area (Å²) in [5.41, 5.74) is 6.50. The smallest absolute Gasteiger partial charge is 0.267 e. The van der Waals surface area contributed by atoms with Crippen LogP contribution in [-0.4, -0.2) is 23.6 Å². The summed E-state index contributed by atoms with van der Waals surface area (Å²) >= 11 is 1.57. The number of hydrogen-bond donors (Lipinski definition) is 2. The first-order chi connectivity index (χ1) is 11.1. The molecule has 2 aromatic rings. The van der Waals surface area contributed by atoms with Crippen LogP contribution in [0.4, 0.5) is 5.69 Å². The van der Waals surface area contributed by atoms with Gasteiger partial charge in [0, 0.05) is 11.3 Å². The van der Waals surface area contributed by atoms with Gasteiger partial charge < -0.3 is 11.1 Å². The van der Waals surface area contributed by atoms with Crippen molar-refractivity contribution in [3.05, 3.63) is 52.7 Å². The van der Waals surface area contributed by atoms with Gasteiger partial charge in [-0.3, -0.25) is 14.6 Å². The Kier molecular flexibility index (Phi) is 4.38. The molecule has 118 valence electrons. The van der Waals surface area contributed by atoms with Crippen LogP contribution in [0.25, 0.3) is 0 Å². The SMILES string of the molecule is NC(=O)C1CC(C(=O)NCc2cccs2)=NN1c1ccccc1. The Morgan fingerprint density at radius 2 is 2.04 bits per heavy atom. The Balaban J connectivity index is 1.74. The molecule has 1 unspecified atom stereocenters. The van der Waals surface area contributed by atoms with Crippen LogP contribution in [0, 0.1) is 0 Å². The van der Waals surface area contributed by atoms with Crippen LogP contribution in [-0.2, 0) is 16.1 Å². The Morgan fingerprint density at radius 1 is 1.26 bits per heavy atom. The average molecular weight is 328 g/mol. The van der Waals surface area contributed by atoms with Crippen molar-refractivity contribution in [2.24, 2.45) is 10.8 Å². The molecule has 6 nitrogen and oxygen atoms in total. The van der Waals surface area contributed by atoms with Crippen LogP contribution in [0.2, 0.25) is 0 Å². The van der Waals surface area contributed by atoms with Crippen molar-refractivity contribution in [3.8, 4) is 0 Å². The molecule has 1 aromatic heterocycles. The molecule has 0 fully saturated rings. The van der Waals surface area contributed by atoms with Gasteiger partial charge in [0.05, 0.1) is 12.2 Å². The zero-order valence-electron chi connectivity index (χ0n) is 12.3. The second-order valence-electron chi connectivity index (χ2n) is 5.11. The number of nitrogens with two attached hydrogens (primary N) is 1. The van der Waals surface area contributed by atoms with E-state index in [1.165, 1.54) is 5.01 Å². The summed E-state index contributed by atoms with van der Waals surface area (Å²) < 4.78 is 0. The lowest BCUT2D eigenvalue weighted by molar-refractivity contribution is -0.119. The van der Waals surface area contributed by atoms with Crippen molar-refractivity contribution in [3.63, 3.8) is 0 Å². The van der Waals surface area contributed by atoms with E-state index in [1.807, 2.05) is 47.8 Å². The maximum absolute atomic E-state index is 12.3. The van der Waals surface area contributed by atoms with E-state index in [2.05, 4.69) is 10.4 Å². The Hall–Kier alpha value is -2.67. The molecule has 1 aliphatic heterocycles. The molecule has 0 aliphatic carbocycles. The second kappa shape index (κ2) is 6.62. The Bertz CT molecular complexity index is 728. The number of nitrogens with one attached hydrogen (secondary N) is 1. The lowest BCUT2D eigenvalue weighted by Gasteiger charge is -2.20. The van der Waals surface area contributed by atoms with Gasteiger partial charge in [-0.05, 0) is 23.6 Å². The minimum Gasteiger partial charge on any atom is -0.368 e. The van der Waals surface area contributed by atoms with E-state index in [4.69, 9.17) is 5.73 Å². The Morgan fingerprint density at radius 3 is 2.70 bits per heavy atom. The molecule has 23 heavy (non-hydrogen) atoms. The van der Waals surface area contributed by atoms with E-state index < -0.39 is 11.9 Å². The van der Waals surface area contributed by atoms with E-state index >= 15 is 0 Å². The summed E-state index contributed by atoms with van der Waals surface area (Å²) in [6.07, 6.45) is 0.209. The normalized spacial score (nSPS) is 17.0. The largest absolute Gasteiger partial charge is 0.368 e. The summed E-state index contributed by atoms with van der Waals surface area (Å²) in [7, 11) is 0. The number of carbonyl (C=O) groups excluding carboxylic acids is 2. The molecule has 7 heteroatoms. The predicted octanol–water partition coefficient (Wildman–Crippen LogP) is 1.48. The number of hydrazone groups is 1. The lowest BCUT2D eigenvalue weighted by atomic mass is 10.1. The van der Waals surface area contributed by atoms with Gasteiger partial charge in [-0.15, -0.1) is 11.3 Å². The van der Waals surface area contributed by atoms with Gasteiger partial charge in [-0.2, -0.15) is 5.10 Å². The first kappa shape index (κ1) is 15.2. The van der Waals surface area contributed by atoms with Gasteiger partial charge in [0.15, 0.2) is 0 Å². The van der Waals surface area contributed by atoms with E-state index in [0.29, 0.717) is 12.3 Å². The standard InChI is InChI=1S/C16H16N4O2S/c17-15(21)14-9-13(16(22)18-10-12-7-4-8-23-12)19-20(14)11-5-2-1-3-6-11/h1-8,14H,9-10H2,(H2,17,21)(H,18,22). The molecule has 2 amide bonds. The molecule has 1 aliphatic rings. The number of para-hydroxylation sites is 1. The van der Waals surface area contributed by atoms with Crippen molar-refractivity contribution < 1.29 is 9.59 Å². The molecule has 0 saturated heterocycles.